The van der Waals surface area contributed by atoms with Gasteiger partial charge in [0, 0.05) is 50.5 Å². The van der Waals surface area contributed by atoms with Gasteiger partial charge in [-0.1, -0.05) is 18.2 Å². The van der Waals surface area contributed by atoms with Crippen molar-refractivity contribution >= 4 is 16.9 Å². The molecule has 120 valence electrons. The van der Waals surface area contributed by atoms with Gasteiger partial charge in [-0.05, 0) is 31.4 Å². The van der Waals surface area contributed by atoms with Crippen molar-refractivity contribution in [1.82, 2.24) is 15.6 Å². The van der Waals surface area contributed by atoms with Gasteiger partial charge in [-0.2, -0.15) is 0 Å². The summed E-state index contributed by atoms with van der Waals surface area (Å²) in [5.74, 6) is 0.841. The predicted octanol–water partition coefficient (Wildman–Crippen LogP) is 2.22. The molecular weight excluding hydrogens is 276 g/mol. The van der Waals surface area contributed by atoms with Gasteiger partial charge in [0.25, 0.3) is 0 Å². The molecule has 1 heterocycles. The van der Waals surface area contributed by atoms with E-state index >= 15 is 0 Å². The van der Waals surface area contributed by atoms with Gasteiger partial charge in [-0.15, -0.1) is 0 Å². The highest BCUT2D eigenvalue weighted by atomic mass is 16.5. The standard InChI is InChI=1S/C17H26N4O/c1-13-14(15-7-4-5-8-16(15)21-13)9-11-20-17(18-2)19-10-6-12-22-3/h4-5,7-8,21H,6,9-12H2,1-3H3,(H2,18,19,20). The van der Waals surface area contributed by atoms with Crippen LogP contribution in [0.15, 0.2) is 29.3 Å². The van der Waals surface area contributed by atoms with Gasteiger partial charge < -0.3 is 20.4 Å². The van der Waals surface area contributed by atoms with Crippen LogP contribution in [0.1, 0.15) is 17.7 Å². The van der Waals surface area contributed by atoms with E-state index < -0.39 is 0 Å². The molecule has 0 aliphatic rings. The van der Waals surface area contributed by atoms with Gasteiger partial charge in [0.2, 0.25) is 0 Å². The van der Waals surface area contributed by atoms with E-state index in [-0.39, 0.29) is 0 Å². The Kier molecular flexibility index (Phi) is 6.27. The Labute approximate surface area is 132 Å². The molecule has 1 aromatic heterocycles. The lowest BCUT2D eigenvalue weighted by molar-refractivity contribution is 0.195. The molecule has 5 nitrogen and oxygen atoms in total. The number of aryl methyl sites for hydroxylation is 1. The number of nitrogens with zero attached hydrogens (tertiary/aromatic N) is 1. The number of para-hydroxylation sites is 1. The summed E-state index contributed by atoms with van der Waals surface area (Å²) in [5.41, 5.74) is 3.82. The Morgan fingerprint density at radius 2 is 2.00 bits per heavy atom. The molecule has 2 rings (SSSR count). The third-order valence-corrected chi connectivity index (χ3v) is 3.74. The van der Waals surface area contributed by atoms with E-state index in [0.717, 1.165) is 38.5 Å². The van der Waals surface area contributed by atoms with Crippen LogP contribution < -0.4 is 10.6 Å². The van der Waals surface area contributed by atoms with E-state index in [2.05, 4.69) is 51.8 Å². The second kappa shape index (κ2) is 8.44. The summed E-state index contributed by atoms with van der Waals surface area (Å²) in [4.78, 5) is 7.68. The van der Waals surface area contributed by atoms with Gasteiger partial charge in [0.05, 0.1) is 0 Å². The number of nitrogens with one attached hydrogen (secondary N) is 3. The minimum Gasteiger partial charge on any atom is -0.385 e. The molecule has 5 heteroatoms. The number of hydrogen-bond acceptors (Lipinski definition) is 2. The Morgan fingerprint density at radius 1 is 1.23 bits per heavy atom. The first-order chi connectivity index (χ1) is 10.8. The molecular formula is C17H26N4O. The number of methoxy groups -OCH3 is 1. The molecule has 22 heavy (non-hydrogen) atoms. The second-order valence-corrected chi connectivity index (χ2v) is 5.30. The van der Waals surface area contributed by atoms with Crippen molar-refractivity contribution in [2.45, 2.75) is 19.8 Å². The maximum Gasteiger partial charge on any atom is 0.190 e. The normalized spacial score (nSPS) is 11.9. The van der Waals surface area contributed by atoms with Crippen LogP contribution in [0.25, 0.3) is 10.9 Å². The van der Waals surface area contributed by atoms with Crippen molar-refractivity contribution < 1.29 is 4.74 Å². The number of rotatable bonds is 7. The minimum atomic E-state index is 0.762. The molecule has 0 spiro atoms. The molecule has 0 saturated heterocycles. The zero-order valence-electron chi connectivity index (χ0n) is 13.7. The molecule has 0 fully saturated rings. The molecule has 1 aromatic carbocycles. The zero-order valence-corrected chi connectivity index (χ0v) is 13.7. The van der Waals surface area contributed by atoms with Crippen LogP contribution in [0, 0.1) is 6.92 Å². The summed E-state index contributed by atoms with van der Waals surface area (Å²) in [6.45, 7) is 4.61. The van der Waals surface area contributed by atoms with E-state index in [1.807, 2.05) is 0 Å². The Morgan fingerprint density at radius 3 is 2.77 bits per heavy atom. The van der Waals surface area contributed by atoms with Gasteiger partial charge in [-0.25, -0.2) is 0 Å². The summed E-state index contributed by atoms with van der Waals surface area (Å²) in [5, 5.41) is 7.96. The van der Waals surface area contributed by atoms with Crippen LogP contribution >= 0.6 is 0 Å². The summed E-state index contributed by atoms with van der Waals surface area (Å²) < 4.78 is 5.04. The third kappa shape index (κ3) is 4.24. The van der Waals surface area contributed by atoms with Crippen molar-refractivity contribution in [3.63, 3.8) is 0 Å². The van der Waals surface area contributed by atoms with Crippen LogP contribution in [0.5, 0.6) is 0 Å². The maximum atomic E-state index is 5.04. The lowest BCUT2D eigenvalue weighted by Gasteiger charge is -2.11. The lowest BCUT2D eigenvalue weighted by Crippen LogP contribution is -2.39. The molecule has 0 saturated carbocycles. The van der Waals surface area contributed by atoms with Gasteiger partial charge >= 0.3 is 0 Å². The summed E-state index contributed by atoms with van der Waals surface area (Å²) in [6.07, 6.45) is 1.94. The highest BCUT2D eigenvalue weighted by Gasteiger charge is 2.07. The monoisotopic (exact) mass is 302 g/mol. The smallest absolute Gasteiger partial charge is 0.190 e. The summed E-state index contributed by atoms with van der Waals surface area (Å²) in [6, 6.07) is 8.44. The quantitative estimate of drug-likeness (QED) is 0.417. The Bertz CT molecular complexity index is 618. The van der Waals surface area contributed by atoms with Crippen LogP contribution in [-0.4, -0.2) is 44.8 Å². The topological polar surface area (TPSA) is 61.4 Å². The fourth-order valence-electron chi connectivity index (χ4n) is 2.61. The number of guanidine groups is 1. The van der Waals surface area contributed by atoms with Gasteiger partial charge in [0.15, 0.2) is 5.96 Å². The van der Waals surface area contributed by atoms with E-state index in [1.54, 1.807) is 14.2 Å². The minimum absolute atomic E-state index is 0.762. The van der Waals surface area contributed by atoms with E-state index in [4.69, 9.17) is 4.74 Å². The molecule has 0 amide bonds. The molecule has 3 N–H and O–H groups in total. The number of aromatic nitrogens is 1. The average molecular weight is 302 g/mol. The molecule has 0 atom stereocenters. The van der Waals surface area contributed by atoms with Crippen LogP contribution in [0.4, 0.5) is 0 Å². The average Bonchev–Trinajstić information content (AvgIpc) is 2.85. The van der Waals surface area contributed by atoms with Gasteiger partial charge in [-0.3, -0.25) is 4.99 Å². The fraction of sp³-hybridized carbons (Fsp3) is 0.471. The van der Waals surface area contributed by atoms with E-state index in [1.165, 1.54) is 22.2 Å². The number of H-pyrrole nitrogens is 1. The highest BCUT2D eigenvalue weighted by molar-refractivity contribution is 5.84. The van der Waals surface area contributed by atoms with Crippen molar-refractivity contribution in [3.8, 4) is 0 Å². The number of aromatic amines is 1. The number of ether oxygens (including phenoxy) is 1. The second-order valence-electron chi connectivity index (χ2n) is 5.30. The van der Waals surface area contributed by atoms with E-state index in [0.29, 0.717) is 0 Å². The molecule has 0 unspecified atom stereocenters. The van der Waals surface area contributed by atoms with Crippen LogP contribution in [0.2, 0.25) is 0 Å². The summed E-state index contributed by atoms with van der Waals surface area (Å²) in [7, 11) is 3.51. The van der Waals surface area contributed by atoms with E-state index in [9.17, 15) is 0 Å². The number of fused-ring (bicyclic) bond motifs is 1. The number of aliphatic imine (C=N–C) groups is 1. The first-order valence-electron chi connectivity index (χ1n) is 7.76. The predicted molar refractivity (Wildman–Crippen MR) is 92.6 cm³/mol. The van der Waals surface area contributed by atoms with Crippen LogP contribution in [-0.2, 0) is 11.2 Å². The molecule has 0 bridgehead atoms. The van der Waals surface area contributed by atoms with Gasteiger partial charge in [0.1, 0.15) is 0 Å². The zero-order chi connectivity index (χ0) is 15.8. The van der Waals surface area contributed by atoms with Crippen LogP contribution in [0.3, 0.4) is 0 Å². The maximum absolute atomic E-state index is 5.04. The number of benzene rings is 1. The largest absolute Gasteiger partial charge is 0.385 e. The van der Waals surface area contributed by atoms with Crippen molar-refractivity contribution in [2.75, 3.05) is 33.9 Å². The first-order valence-corrected chi connectivity index (χ1v) is 7.76. The SMILES string of the molecule is CN=C(NCCCOC)NCCc1c(C)[nH]c2ccccc12. The summed E-state index contributed by atoms with van der Waals surface area (Å²) >= 11 is 0. The number of hydrogen-bond donors (Lipinski definition) is 3. The lowest BCUT2D eigenvalue weighted by atomic mass is 10.1. The molecule has 0 aliphatic heterocycles. The molecule has 0 aliphatic carbocycles. The Balaban J connectivity index is 1.85. The molecule has 0 radical (unpaired) electrons. The van der Waals surface area contributed by atoms with Crippen molar-refractivity contribution in [2.24, 2.45) is 4.99 Å². The van der Waals surface area contributed by atoms with Crippen molar-refractivity contribution in [3.05, 3.63) is 35.5 Å². The Hall–Kier alpha value is -2.01. The molecule has 2 aromatic rings. The third-order valence-electron chi connectivity index (χ3n) is 3.74. The first kappa shape index (κ1) is 16.4. The van der Waals surface area contributed by atoms with Crippen molar-refractivity contribution in [1.29, 1.82) is 0 Å². The highest BCUT2D eigenvalue weighted by Crippen LogP contribution is 2.21. The fourth-order valence-corrected chi connectivity index (χ4v) is 2.61.